The van der Waals surface area contributed by atoms with E-state index in [0.29, 0.717) is 34.2 Å². The molecule has 0 aromatic carbocycles. The average molecular weight is 675 g/mol. The number of rotatable bonds is 4. The fraction of sp³-hybridized carbons (Fsp3) is 0.949. The zero-order valence-corrected chi connectivity index (χ0v) is 31.1. The molecule has 9 nitrogen and oxygen atoms in total. The van der Waals surface area contributed by atoms with Crippen molar-refractivity contribution in [1.29, 1.82) is 0 Å². The Labute approximate surface area is 289 Å². The number of hydrogen-bond acceptors (Lipinski definition) is 7. The Hall–Kier alpha value is -1.58. The third-order valence-electron chi connectivity index (χ3n) is 15.2. The predicted molar refractivity (Wildman–Crippen MR) is 184 cm³/mol. The number of amides is 2. The second kappa shape index (κ2) is 13.9. The summed E-state index contributed by atoms with van der Waals surface area (Å²) in [4.78, 5) is 26.7. The largest absolute Gasteiger partial charge is 0.446 e. The zero-order chi connectivity index (χ0) is 34.5. The SMILES string of the molecule is C1CCOC1.CNC(=O)OC1CCC23CC24CCC2(C)C5CCC(C(OC(=O)N6CCC6)C(C)C)OC5CC2C4CCC3C1(C)C.CO. The Morgan fingerprint density at radius 3 is 2.19 bits per heavy atom. The Morgan fingerprint density at radius 1 is 0.875 bits per heavy atom. The van der Waals surface area contributed by atoms with Gasteiger partial charge in [-0.3, -0.25) is 0 Å². The van der Waals surface area contributed by atoms with Gasteiger partial charge in [0.25, 0.3) is 0 Å². The lowest BCUT2D eigenvalue weighted by molar-refractivity contribution is -0.151. The van der Waals surface area contributed by atoms with Gasteiger partial charge in [-0.15, -0.1) is 0 Å². The highest BCUT2D eigenvalue weighted by Gasteiger charge is 2.81. The molecule has 0 aromatic heterocycles. The molecular formula is C39H66N2O7. The van der Waals surface area contributed by atoms with Crippen LogP contribution in [0.5, 0.6) is 0 Å². The third kappa shape index (κ3) is 5.87. The molecule has 274 valence electrons. The minimum absolute atomic E-state index is 0.00455. The lowest BCUT2D eigenvalue weighted by atomic mass is 9.46. The van der Waals surface area contributed by atoms with Crippen molar-refractivity contribution in [2.45, 2.75) is 143 Å². The first kappa shape index (κ1) is 36.2. The summed E-state index contributed by atoms with van der Waals surface area (Å²) in [5.41, 5.74) is 1.29. The Balaban J connectivity index is 0.000000519. The number of aliphatic hydroxyl groups is 1. The maximum Gasteiger partial charge on any atom is 0.410 e. The van der Waals surface area contributed by atoms with Crippen molar-refractivity contribution in [3.63, 3.8) is 0 Å². The van der Waals surface area contributed by atoms with Crippen LogP contribution in [0, 0.1) is 51.2 Å². The van der Waals surface area contributed by atoms with Crippen molar-refractivity contribution in [3.05, 3.63) is 0 Å². The van der Waals surface area contributed by atoms with Crippen LogP contribution in [0.3, 0.4) is 0 Å². The first-order valence-electron chi connectivity index (χ1n) is 19.5. The predicted octanol–water partition coefficient (Wildman–Crippen LogP) is 7.19. The number of likely N-dealkylation sites (tertiary alicyclic amines) is 1. The van der Waals surface area contributed by atoms with Crippen LogP contribution in [-0.4, -0.2) is 87.1 Å². The maximum absolute atomic E-state index is 12.7. The highest BCUT2D eigenvalue weighted by molar-refractivity contribution is 5.68. The molecule has 8 fully saturated rings. The van der Waals surface area contributed by atoms with Gasteiger partial charge < -0.3 is 34.3 Å². The van der Waals surface area contributed by atoms with Crippen molar-refractivity contribution in [1.82, 2.24) is 10.2 Å². The van der Waals surface area contributed by atoms with E-state index in [1.165, 1.54) is 64.2 Å². The summed E-state index contributed by atoms with van der Waals surface area (Å²) in [6.07, 6.45) is 15.6. The summed E-state index contributed by atoms with van der Waals surface area (Å²) < 4.78 is 24.0. The van der Waals surface area contributed by atoms with E-state index >= 15 is 0 Å². The average Bonchev–Trinajstić information content (AvgIpc) is 3.32. The smallest absolute Gasteiger partial charge is 0.410 e. The molecule has 3 aliphatic heterocycles. The minimum Gasteiger partial charge on any atom is -0.446 e. The van der Waals surface area contributed by atoms with Crippen LogP contribution in [0.25, 0.3) is 0 Å². The molecule has 48 heavy (non-hydrogen) atoms. The fourth-order valence-corrected chi connectivity index (χ4v) is 12.7. The number of alkyl carbamates (subject to hydrolysis) is 1. The van der Waals surface area contributed by atoms with Gasteiger partial charge in [0.1, 0.15) is 12.2 Å². The summed E-state index contributed by atoms with van der Waals surface area (Å²) in [5.74, 6) is 3.03. The molecule has 11 atom stereocenters. The molecule has 0 aromatic rings. The molecule has 3 saturated heterocycles. The van der Waals surface area contributed by atoms with Crippen LogP contribution in [-0.2, 0) is 18.9 Å². The van der Waals surface area contributed by atoms with E-state index < -0.39 is 0 Å². The van der Waals surface area contributed by atoms with E-state index in [0.717, 1.165) is 64.5 Å². The van der Waals surface area contributed by atoms with Crippen LogP contribution < -0.4 is 5.32 Å². The quantitative estimate of drug-likeness (QED) is 0.325. The van der Waals surface area contributed by atoms with E-state index in [2.05, 4.69) is 39.9 Å². The zero-order valence-electron chi connectivity index (χ0n) is 31.1. The number of aliphatic hydroxyl groups excluding tert-OH is 1. The van der Waals surface area contributed by atoms with Gasteiger partial charge in [-0.1, -0.05) is 34.6 Å². The van der Waals surface area contributed by atoms with E-state index in [4.69, 9.17) is 24.1 Å². The molecule has 5 saturated carbocycles. The molecule has 0 radical (unpaired) electrons. The molecule has 2 spiro atoms. The van der Waals surface area contributed by atoms with Gasteiger partial charge in [-0.2, -0.15) is 0 Å². The van der Waals surface area contributed by atoms with Crippen LogP contribution in [0.15, 0.2) is 0 Å². The number of nitrogens with one attached hydrogen (secondary N) is 1. The van der Waals surface area contributed by atoms with Gasteiger partial charge in [0, 0.05) is 45.9 Å². The number of ether oxygens (including phenoxy) is 4. The Morgan fingerprint density at radius 2 is 1.58 bits per heavy atom. The van der Waals surface area contributed by atoms with Crippen molar-refractivity contribution in [2.75, 3.05) is 40.5 Å². The molecule has 8 aliphatic rings. The number of hydrogen-bond donors (Lipinski definition) is 2. The number of nitrogens with zero attached hydrogens (tertiary/aromatic N) is 1. The fourth-order valence-electron chi connectivity index (χ4n) is 12.7. The molecule has 11 unspecified atom stereocenters. The summed E-state index contributed by atoms with van der Waals surface area (Å²) >= 11 is 0. The van der Waals surface area contributed by atoms with Crippen LogP contribution >= 0.6 is 0 Å². The molecule has 2 N–H and O–H groups in total. The van der Waals surface area contributed by atoms with E-state index in [9.17, 15) is 9.59 Å². The molecule has 9 heteroatoms. The lowest BCUT2D eigenvalue weighted by Crippen LogP contribution is -2.55. The molecule has 0 bridgehead atoms. The first-order valence-corrected chi connectivity index (χ1v) is 19.5. The van der Waals surface area contributed by atoms with Gasteiger partial charge in [0.15, 0.2) is 0 Å². The second-order valence-electron chi connectivity index (χ2n) is 17.7. The van der Waals surface area contributed by atoms with Gasteiger partial charge >= 0.3 is 12.2 Å². The lowest BCUT2D eigenvalue weighted by Gasteiger charge is -2.59. The number of carbonyl (C=O) groups is 2. The molecule has 8 rings (SSSR count). The topological polar surface area (TPSA) is 107 Å². The summed E-state index contributed by atoms with van der Waals surface area (Å²) in [6, 6.07) is 0. The molecular weight excluding hydrogens is 608 g/mol. The second-order valence-corrected chi connectivity index (χ2v) is 17.7. The van der Waals surface area contributed by atoms with E-state index in [1.807, 2.05) is 4.90 Å². The molecule has 5 aliphatic carbocycles. The van der Waals surface area contributed by atoms with Crippen molar-refractivity contribution >= 4 is 12.2 Å². The number of carbonyl (C=O) groups excluding carboxylic acids is 2. The van der Waals surface area contributed by atoms with E-state index in [-0.39, 0.29) is 41.8 Å². The molecule has 2 amide bonds. The van der Waals surface area contributed by atoms with E-state index in [1.54, 1.807) is 7.05 Å². The van der Waals surface area contributed by atoms with Crippen molar-refractivity contribution < 1.29 is 33.6 Å². The Bertz CT molecular complexity index is 1150. The van der Waals surface area contributed by atoms with Crippen molar-refractivity contribution in [2.24, 2.45) is 51.2 Å². The Kier molecular flexibility index (Phi) is 10.5. The normalized spacial score (nSPS) is 43.5. The summed E-state index contributed by atoms with van der Waals surface area (Å²) in [7, 11) is 2.66. The van der Waals surface area contributed by atoms with Gasteiger partial charge in [0.2, 0.25) is 0 Å². The maximum atomic E-state index is 12.7. The standard InChI is InChI=1S/C34H54N2O5.C4H8O.CH4O/c1-20(2)28(41-30(38)36-16-7-17-36)24-10-8-22-25(39-24)18-23-21-9-11-26-31(3,4)27(40-29(37)35-6)12-13-34(26)19-33(21,34)15-14-32(22,23)5;1-2-4-5-3-1;1-2/h20-28H,7-19H2,1-6H3,(H,35,37);1-4H2;2H,1H3. The summed E-state index contributed by atoms with van der Waals surface area (Å²) in [5, 5.41) is 9.68. The van der Waals surface area contributed by atoms with Crippen LogP contribution in [0.2, 0.25) is 0 Å². The molecule has 3 heterocycles. The van der Waals surface area contributed by atoms with Crippen LogP contribution in [0.1, 0.15) is 118 Å². The number of fused-ring (bicyclic) bond motifs is 4. The van der Waals surface area contributed by atoms with Gasteiger partial charge in [0.05, 0.1) is 12.2 Å². The monoisotopic (exact) mass is 674 g/mol. The minimum atomic E-state index is -0.284. The first-order chi connectivity index (χ1) is 23.0. The van der Waals surface area contributed by atoms with Gasteiger partial charge in [-0.25, -0.2) is 9.59 Å². The summed E-state index contributed by atoms with van der Waals surface area (Å²) in [6.45, 7) is 15.4. The highest BCUT2D eigenvalue weighted by Crippen LogP contribution is 2.87. The van der Waals surface area contributed by atoms with Gasteiger partial charge in [-0.05, 0) is 129 Å². The van der Waals surface area contributed by atoms with Crippen LogP contribution in [0.4, 0.5) is 9.59 Å². The van der Waals surface area contributed by atoms with Crippen molar-refractivity contribution in [3.8, 4) is 0 Å². The highest BCUT2D eigenvalue weighted by atomic mass is 16.6. The third-order valence-corrected chi connectivity index (χ3v) is 15.2.